The molecule has 138 valence electrons. The Kier molecular flexibility index (Phi) is 5.03. The Hall–Kier alpha value is -2.92. The number of hydrogen-bond acceptors (Lipinski definition) is 3. The molecule has 0 aliphatic carbocycles. The summed E-state index contributed by atoms with van der Waals surface area (Å²) in [4.78, 5) is 17.0. The fourth-order valence-electron chi connectivity index (χ4n) is 3.47. The molecule has 5 heteroatoms. The molecule has 0 spiro atoms. The summed E-state index contributed by atoms with van der Waals surface area (Å²) in [6.07, 6.45) is 4.02. The van der Waals surface area contributed by atoms with Gasteiger partial charge in [-0.15, -0.1) is 0 Å². The molecule has 1 fully saturated rings. The second kappa shape index (κ2) is 7.76. The molecule has 27 heavy (non-hydrogen) atoms. The molecule has 3 aromatic rings. The fraction of sp³-hybridized carbons (Fsp3) is 0.273. The maximum atomic E-state index is 12.7. The number of likely N-dealkylation sites (N-methyl/N-ethyl adjacent to an activating group) is 1. The Bertz CT molecular complexity index is 950. The van der Waals surface area contributed by atoms with Crippen molar-refractivity contribution in [1.82, 2.24) is 20.0 Å². The number of aromatic nitrogens is 2. The number of fused-ring (bicyclic) bond motifs is 1. The Labute approximate surface area is 159 Å². The number of piperazine rings is 1. The zero-order valence-electron chi connectivity index (χ0n) is 15.6. The number of carbonyl (C=O) groups is 1. The van der Waals surface area contributed by atoms with Crippen LogP contribution in [-0.2, 0) is 0 Å². The van der Waals surface area contributed by atoms with Crippen molar-refractivity contribution in [3.63, 3.8) is 0 Å². The van der Waals surface area contributed by atoms with Crippen molar-refractivity contribution in [3.8, 4) is 0 Å². The lowest BCUT2D eigenvalue weighted by atomic mass is 10.1. The standard InChI is InChI=1S/C22H24N4O/c1-2-25-13-15-26(16-14-25)22(27)18-10-7-17(8-11-18)9-12-21-19-5-3-4-6-20(19)23-24-21/h3-12H,2,13-16H2,1H3,(H,23,24). The number of carbonyl (C=O) groups excluding carboxylic acids is 1. The Balaban J connectivity index is 1.44. The molecule has 1 aliphatic rings. The normalized spacial score (nSPS) is 15.7. The van der Waals surface area contributed by atoms with Gasteiger partial charge in [0, 0.05) is 37.1 Å². The summed E-state index contributed by atoms with van der Waals surface area (Å²) in [5.41, 5.74) is 3.75. The van der Waals surface area contributed by atoms with Gasteiger partial charge < -0.3 is 9.80 Å². The van der Waals surface area contributed by atoms with E-state index in [0.29, 0.717) is 0 Å². The van der Waals surface area contributed by atoms with E-state index in [-0.39, 0.29) is 5.91 Å². The first-order valence-electron chi connectivity index (χ1n) is 9.47. The van der Waals surface area contributed by atoms with Crippen LogP contribution < -0.4 is 0 Å². The van der Waals surface area contributed by atoms with Crippen LogP contribution in [0.1, 0.15) is 28.5 Å². The van der Waals surface area contributed by atoms with Crippen LogP contribution in [0.15, 0.2) is 48.5 Å². The van der Waals surface area contributed by atoms with Gasteiger partial charge >= 0.3 is 0 Å². The summed E-state index contributed by atoms with van der Waals surface area (Å²) in [5, 5.41) is 8.49. The largest absolute Gasteiger partial charge is 0.336 e. The van der Waals surface area contributed by atoms with Gasteiger partial charge in [0.2, 0.25) is 0 Å². The minimum Gasteiger partial charge on any atom is -0.336 e. The smallest absolute Gasteiger partial charge is 0.253 e. The molecule has 1 N–H and O–H groups in total. The van der Waals surface area contributed by atoms with E-state index in [0.717, 1.165) is 60.4 Å². The quantitative estimate of drug-likeness (QED) is 0.775. The average Bonchev–Trinajstić information content (AvgIpc) is 3.15. The zero-order chi connectivity index (χ0) is 18.6. The van der Waals surface area contributed by atoms with Gasteiger partial charge in [-0.05, 0) is 36.4 Å². The molecule has 2 heterocycles. The molecule has 1 saturated heterocycles. The van der Waals surface area contributed by atoms with Crippen LogP contribution in [0.3, 0.4) is 0 Å². The van der Waals surface area contributed by atoms with Crippen LogP contribution in [0.25, 0.3) is 23.1 Å². The van der Waals surface area contributed by atoms with Gasteiger partial charge in [-0.25, -0.2) is 0 Å². The van der Waals surface area contributed by atoms with E-state index >= 15 is 0 Å². The van der Waals surface area contributed by atoms with Crippen LogP contribution in [0.2, 0.25) is 0 Å². The molecular weight excluding hydrogens is 336 g/mol. The molecule has 0 atom stereocenters. The highest BCUT2D eigenvalue weighted by atomic mass is 16.2. The van der Waals surface area contributed by atoms with E-state index in [4.69, 9.17) is 0 Å². The van der Waals surface area contributed by atoms with E-state index < -0.39 is 0 Å². The van der Waals surface area contributed by atoms with Crippen molar-refractivity contribution in [2.45, 2.75) is 6.92 Å². The molecule has 5 nitrogen and oxygen atoms in total. The number of rotatable bonds is 4. The number of para-hydroxylation sites is 1. The lowest BCUT2D eigenvalue weighted by Gasteiger charge is -2.34. The van der Waals surface area contributed by atoms with Crippen LogP contribution in [0.4, 0.5) is 0 Å². The van der Waals surface area contributed by atoms with Gasteiger partial charge in [0.1, 0.15) is 0 Å². The summed E-state index contributed by atoms with van der Waals surface area (Å²) in [7, 11) is 0. The van der Waals surface area contributed by atoms with Crippen LogP contribution in [-0.4, -0.2) is 58.6 Å². The van der Waals surface area contributed by atoms with Crippen molar-refractivity contribution in [3.05, 3.63) is 65.4 Å². The number of H-pyrrole nitrogens is 1. The number of nitrogens with zero attached hydrogens (tertiary/aromatic N) is 3. The lowest BCUT2D eigenvalue weighted by Crippen LogP contribution is -2.48. The predicted octanol–water partition coefficient (Wildman–Crippen LogP) is 3.51. The van der Waals surface area contributed by atoms with Crippen molar-refractivity contribution in [2.24, 2.45) is 0 Å². The monoisotopic (exact) mass is 360 g/mol. The van der Waals surface area contributed by atoms with Gasteiger partial charge in [0.25, 0.3) is 5.91 Å². The highest BCUT2D eigenvalue weighted by Gasteiger charge is 2.21. The number of aromatic amines is 1. The third kappa shape index (κ3) is 3.78. The fourth-order valence-corrected chi connectivity index (χ4v) is 3.47. The topological polar surface area (TPSA) is 52.2 Å². The van der Waals surface area contributed by atoms with Crippen LogP contribution in [0.5, 0.6) is 0 Å². The molecule has 0 saturated carbocycles. The highest BCUT2D eigenvalue weighted by molar-refractivity contribution is 5.95. The van der Waals surface area contributed by atoms with Gasteiger partial charge in [-0.3, -0.25) is 9.89 Å². The molecule has 4 rings (SSSR count). The molecule has 0 unspecified atom stereocenters. The zero-order valence-corrected chi connectivity index (χ0v) is 15.6. The summed E-state index contributed by atoms with van der Waals surface area (Å²) >= 11 is 0. The Morgan fingerprint density at radius 1 is 1.04 bits per heavy atom. The minimum atomic E-state index is 0.125. The number of hydrogen-bond donors (Lipinski definition) is 1. The Morgan fingerprint density at radius 3 is 2.52 bits per heavy atom. The molecule has 0 radical (unpaired) electrons. The van der Waals surface area contributed by atoms with Gasteiger partial charge in [-0.2, -0.15) is 5.10 Å². The van der Waals surface area contributed by atoms with Crippen LogP contribution >= 0.6 is 0 Å². The van der Waals surface area contributed by atoms with Crippen molar-refractivity contribution >= 4 is 29.0 Å². The van der Waals surface area contributed by atoms with Crippen LogP contribution in [0, 0.1) is 0 Å². The summed E-state index contributed by atoms with van der Waals surface area (Å²) in [6, 6.07) is 15.9. The van der Waals surface area contributed by atoms with Crippen molar-refractivity contribution < 1.29 is 4.79 Å². The molecule has 1 aromatic heterocycles. The number of amides is 1. The first-order valence-corrected chi connectivity index (χ1v) is 9.47. The lowest BCUT2D eigenvalue weighted by molar-refractivity contribution is 0.0643. The van der Waals surface area contributed by atoms with E-state index in [9.17, 15) is 4.79 Å². The maximum absolute atomic E-state index is 12.7. The molecule has 1 aliphatic heterocycles. The van der Waals surface area contributed by atoms with Crippen molar-refractivity contribution in [1.29, 1.82) is 0 Å². The summed E-state index contributed by atoms with van der Waals surface area (Å²) < 4.78 is 0. The van der Waals surface area contributed by atoms with Gasteiger partial charge in [-0.1, -0.05) is 43.3 Å². The molecule has 2 aromatic carbocycles. The third-order valence-corrected chi connectivity index (χ3v) is 5.20. The van der Waals surface area contributed by atoms with E-state index in [1.807, 2.05) is 59.5 Å². The maximum Gasteiger partial charge on any atom is 0.253 e. The first kappa shape index (κ1) is 17.5. The second-order valence-electron chi connectivity index (χ2n) is 6.84. The van der Waals surface area contributed by atoms with E-state index in [1.165, 1.54) is 0 Å². The van der Waals surface area contributed by atoms with E-state index in [1.54, 1.807) is 0 Å². The second-order valence-corrected chi connectivity index (χ2v) is 6.84. The predicted molar refractivity (Wildman–Crippen MR) is 109 cm³/mol. The Morgan fingerprint density at radius 2 is 1.78 bits per heavy atom. The SMILES string of the molecule is CCN1CCN(C(=O)c2ccc(C=Cc3n[nH]c4ccccc34)cc2)CC1. The third-order valence-electron chi connectivity index (χ3n) is 5.20. The molecule has 0 bridgehead atoms. The van der Waals surface area contributed by atoms with Gasteiger partial charge in [0.05, 0.1) is 11.2 Å². The number of benzene rings is 2. The molecular formula is C22H24N4O. The highest BCUT2D eigenvalue weighted by Crippen LogP contribution is 2.18. The minimum absolute atomic E-state index is 0.125. The van der Waals surface area contributed by atoms with Gasteiger partial charge in [0.15, 0.2) is 0 Å². The summed E-state index contributed by atoms with van der Waals surface area (Å²) in [6.45, 7) is 6.74. The van der Waals surface area contributed by atoms with E-state index in [2.05, 4.69) is 28.1 Å². The molecule has 1 amide bonds. The van der Waals surface area contributed by atoms with Crippen molar-refractivity contribution in [2.75, 3.05) is 32.7 Å². The number of nitrogens with one attached hydrogen (secondary N) is 1. The average molecular weight is 360 g/mol. The summed E-state index contributed by atoms with van der Waals surface area (Å²) in [5.74, 6) is 0.125. The first-order chi connectivity index (χ1) is 13.2.